The zero-order chi connectivity index (χ0) is 13.8. The van der Waals surface area contributed by atoms with Gasteiger partial charge in [0, 0.05) is 17.5 Å². The zero-order valence-corrected chi connectivity index (χ0v) is 10.3. The zero-order valence-electron chi connectivity index (χ0n) is 10.3. The third-order valence-corrected chi connectivity index (χ3v) is 3.43. The van der Waals surface area contributed by atoms with Gasteiger partial charge in [-0.3, -0.25) is 4.79 Å². The molecule has 1 saturated carbocycles. The van der Waals surface area contributed by atoms with Gasteiger partial charge in [0.25, 0.3) is 5.91 Å². The molecule has 1 fully saturated rings. The molecule has 0 spiro atoms. The molecule has 0 heterocycles. The van der Waals surface area contributed by atoms with Crippen LogP contribution in [0.2, 0.25) is 0 Å². The van der Waals surface area contributed by atoms with Gasteiger partial charge in [0.2, 0.25) is 0 Å². The molecule has 1 amide bonds. The highest BCUT2D eigenvalue weighted by Gasteiger charge is 2.31. The van der Waals surface area contributed by atoms with Crippen LogP contribution in [0.1, 0.15) is 29.6 Å². The van der Waals surface area contributed by atoms with Gasteiger partial charge in [-0.2, -0.15) is 0 Å². The van der Waals surface area contributed by atoms with Crippen molar-refractivity contribution in [3.05, 3.63) is 35.6 Å². The van der Waals surface area contributed by atoms with Crippen molar-refractivity contribution in [2.45, 2.75) is 25.3 Å². The second-order valence-electron chi connectivity index (χ2n) is 4.65. The lowest BCUT2D eigenvalue weighted by atomic mass is 10.0. The van der Waals surface area contributed by atoms with Crippen LogP contribution in [0.4, 0.5) is 4.39 Å². The predicted octanol–water partition coefficient (Wildman–Crippen LogP) is 1.47. The molecule has 0 aliphatic heterocycles. The van der Waals surface area contributed by atoms with E-state index in [0.29, 0.717) is 5.56 Å². The molecule has 2 unspecified atom stereocenters. The standard InChI is InChI=1S/C13H16FN3O2/c14-9-6-4-8(5-7-9)13(18)16-11-3-1-2-10(11)12(15)17-19/h4-7,10-11,19H,1-3H2,(H2,15,17)(H,16,18). The molecule has 1 aromatic rings. The number of hydrogen-bond donors (Lipinski definition) is 3. The van der Waals surface area contributed by atoms with E-state index < -0.39 is 0 Å². The van der Waals surface area contributed by atoms with Crippen LogP contribution in [0.5, 0.6) is 0 Å². The summed E-state index contributed by atoms with van der Waals surface area (Å²) in [5.41, 5.74) is 6.00. The molecule has 1 aliphatic carbocycles. The third kappa shape index (κ3) is 3.01. The minimum absolute atomic E-state index is 0.141. The summed E-state index contributed by atoms with van der Waals surface area (Å²) in [5, 5.41) is 14.6. The minimum Gasteiger partial charge on any atom is -0.409 e. The summed E-state index contributed by atoms with van der Waals surface area (Å²) in [6.45, 7) is 0. The molecule has 0 aromatic heterocycles. The van der Waals surface area contributed by atoms with Crippen molar-refractivity contribution in [1.29, 1.82) is 0 Å². The average molecular weight is 265 g/mol. The fourth-order valence-corrected chi connectivity index (χ4v) is 2.41. The third-order valence-electron chi connectivity index (χ3n) is 3.43. The summed E-state index contributed by atoms with van der Waals surface area (Å²) in [6.07, 6.45) is 2.48. The number of benzene rings is 1. The normalized spacial score (nSPS) is 23.3. The Hall–Kier alpha value is -2.11. The first kappa shape index (κ1) is 13.3. The molecule has 2 rings (SSSR count). The summed E-state index contributed by atoms with van der Waals surface area (Å²) < 4.78 is 12.8. The Balaban J connectivity index is 2.04. The number of amidine groups is 1. The molecule has 1 aliphatic rings. The maximum absolute atomic E-state index is 12.8. The number of nitrogens with two attached hydrogens (primary N) is 1. The van der Waals surface area contributed by atoms with Crippen LogP contribution in [0.15, 0.2) is 29.4 Å². The van der Waals surface area contributed by atoms with E-state index >= 15 is 0 Å². The first-order valence-electron chi connectivity index (χ1n) is 6.15. The molecule has 5 nitrogen and oxygen atoms in total. The first-order valence-corrected chi connectivity index (χ1v) is 6.15. The van der Waals surface area contributed by atoms with Crippen molar-refractivity contribution in [3.8, 4) is 0 Å². The molecule has 4 N–H and O–H groups in total. The lowest BCUT2D eigenvalue weighted by molar-refractivity contribution is 0.0933. The van der Waals surface area contributed by atoms with Crippen molar-refractivity contribution >= 4 is 11.7 Å². The van der Waals surface area contributed by atoms with Gasteiger partial charge in [0.1, 0.15) is 11.7 Å². The van der Waals surface area contributed by atoms with Crippen molar-refractivity contribution in [1.82, 2.24) is 5.32 Å². The molecule has 19 heavy (non-hydrogen) atoms. The van der Waals surface area contributed by atoms with Crippen molar-refractivity contribution in [2.75, 3.05) is 0 Å². The molecular weight excluding hydrogens is 249 g/mol. The van der Waals surface area contributed by atoms with Crippen LogP contribution >= 0.6 is 0 Å². The molecular formula is C13H16FN3O2. The van der Waals surface area contributed by atoms with Gasteiger partial charge in [0.05, 0.1) is 0 Å². The second kappa shape index (κ2) is 5.69. The summed E-state index contributed by atoms with van der Waals surface area (Å²) >= 11 is 0. The van der Waals surface area contributed by atoms with E-state index in [4.69, 9.17) is 10.9 Å². The molecule has 2 atom stereocenters. The lowest BCUT2D eigenvalue weighted by Gasteiger charge is -2.19. The predicted molar refractivity (Wildman–Crippen MR) is 68.4 cm³/mol. The van der Waals surface area contributed by atoms with Crippen LogP contribution in [0.25, 0.3) is 0 Å². The fraction of sp³-hybridized carbons (Fsp3) is 0.385. The van der Waals surface area contributed by atoms with E-state index in [9.17, 15) is 9.18 Å². The first-order chi connectivity index (χ1) is 9.11. The molecule has 6 heteroatoms. The number of amides is 1. The van der Waals surface area contributed by atoms with E-state index in [1.165, 1.54) is 24.3 Å². The van der Waals surface area contributed by atoms with Crippen LogP contribution in [-0.4, -0.2) is 23.0 Å². The van der Waals surface area contributed by atoms with Crippen LogP contribution in [-0.2, 0) is 0 Å². The van der Waals surface area contributed by atoms with Gasteiger partial charge < -0.3 is 16.3 Å². The number of oxime groups is 1. The minimum atomic E-state index is -0.382. The van der Waals surface area contributed by atoms with Gasteiger partial charge in [-0.1, -0.05) is 11.6 Å². The number of hydrogen-bond acceptors (Lipinski definition) is 3. The Morgan fingerprint density at radius 2 is 2.05 bits per heavy atom. The van der Waals surface area contributed by atoms with Crippen LogP contribution in [0, 0.1) is 11.7 Å². The van der Waals surface area contributed by atoms with Crippen LogP contribution < -0.4 is 11.1 Å². The number of nitrogens with zero attached hydrogens (tertiary/aromatic N) is 1. The van der Waals surface area contributed by atoms with Crippen molar-refractivity contribution in [3.63, 3.8) is 0 Å². The Labute approximate surface area is 110 Å². The average Bonchev–Trinajstić information content (AvgIpc) is 2.86. The van der Waals surface area contributed by atoms with E-state index in [0.717, 1.165) is 19.3 Å². The Morgan fingerprint density at radius 1 is 1.37 bits per heavy atom. The molecule has 0 radical (unpaired) electrons. The van der Waals surface area contributed by atoms with Gasteiger partial charge in [-0.25, -0.2) is 4.39 Å². The monoisotopic (exact) mass is 265 g/mol. The highest BCUT2D eigenvalue weighted by molar-refractivity contribution is 5.95. The van der Waals surface area contributed by atoms with Crippen molar-refractivity contribution in [2.24, 2.45) is 16.8 Å². The van der Waals surface area contributed by atoms with E-state index in [2.05, 4.69) is 10.5 Å². The number of rotatable bonds is 3. The van der Waals surface area contributed by atoms with Gasteiger partial charge in [-0.15, -0.1) is 0 Å². The van der Waals surface area contributed by atoms with Gasteiger partial charge >= 0.3 is 0 Å². The summed E-state index contributed by atoms with van der Waals surface area (Å²) in [7, 11) is 0. The van der Waals surface area contributed by atoms with E-state index in [1.54, 1.807) is 0 Å². The highest BCUT2D eigenvalue weighted by Crippen LogP contribution is 2.26. The number of nitrogens with one attached hydrogen (secondary N) is 1. The SMILES string of the molecule is NC(=NO)C1CCCC1NC(=O)c1ccc(F)cc1. The number of carbonyl (C=O) groups excluding carboxylic acids is 1. The van der Waals surface area contributed by atoms with E-state index in [1.807, 2.05) is 0 Å². The Morgan fingerprint density at radius 3 is 2.68 bits per heavy atom. The summed E-state index contributed by atoms with van der Waals surface area (Å²) in [6, 6.07) is 5.19. The van der Waals surface area contributed by atoms with Crippen LogP contribution in [0.3, 0.4) is 0 Å². The Kier molecular flexibility index (Phi) is 3.99. The molecule has 0 saturated heterocycles. The Bertz CT molecular complexity index is 487. The smallest absolute Gasteiger partial charge is 0.251 e. The van der Waals surface area contributed by atoms with Gasteiger partial charge in [0.15, 0.2) is 0 Å². The summed E-state index contributed by atoms with van der Waals surface area (Å²) in [4.78, 5) is 12.0. The molecule has 1 aromatic carbocycles. The second-order valence-corrected chi connectivity index (χ2v) is 4.65. The topological polar surface area (TPSA) is 87.7 Å². The lowest BCUT2D eigenvalue weighted by Crippen LogP contribution is -2.42. The van der Waals surface area contributed by atoms with Gasteiger partial charge in [-0.05, 0) is 37.1 Å². The molecule has 102 valence electrons. The quantitative estimate of drug-likeness (QED) is 0.335. The number of halogens is 1. The molecule has 0 bridgehead atoms. The maximum atomic E-state index is 12.8. The largest absolute Gasteiger partial charge is 0.409 e. The summed E-state index contributed by atoms with van der Waals surface area (Å²) in [5.74, 6) is -0.661. The number of carbonyl (C=O) groups is 1. The highest BCUT2D eigenvalue weighted by atomic mass is 19.1. The fourth-order valence-electron chi connectivity index (χ4n) is 2.41. The maximum Gasteiger partial charge on any atom is 0.251 e. The van der Waals surface area contributed by atoms with Crippen molar-refractivity contribution < 1.29 is 14.4 Å². The van der Waals surface area contributed by atoms with E-state index in [-0.39, 0.29) is 29.5 Å².